The SMILES string of the molecule is C/C=C/N/C=C(\C)C(C)C(C)/C=C(C)\C=C(\C)C(C)C. The molecule has 0 aromatic heterocycles. The van der Waals surface area contributed by atoms with Crippen molar-refractivity contribution < 1.29 is 0 Å². The second-order valence-corrected chi connectivity index (χ2v) is 6.16. The number of hydrogen-bond donors (Lipinski definition) is 1. The highest BCUT2D eigenvalue weighted by molar-refractivity contribution is 5.23. The molecular formula is C19H33N. The molecule has 0 spiro atoms. The molecule has 0 aromatic carbocycles. The summed E-state index contributed by atoms with van der Waals surface area (Å²) >= 11 is 0. The topological polar surface area (TPSA) is 12.0 Å². The molecule has 0 radical (unpaired) electrons. The third-order valence-corrected chi connectivity index (χ3v) is 3.97. The van der Waals surface area contributed by atoms with E-state index in [1.807, 2.05) is 19.2 Å². The maximum absolute atomic E-state index is 3.20. The van der Waals surface area contributed by atoms with Gasteiger partial charge >= 0.3 is 0 Å². The Labute approximate surface area is 126 Å². The average molecular weight is 275 g/mol. The van der Waals surface area contributed by atoms with E-state index in [1.165, 1.54) is 16.7 Å². The first-order chi connectivity index (χ1) is 9.29. The summed E-state index contributed by atoms with van der Waals surface area (Å²) in [6, 6.07) is 0. The van der Waals surface area contributed by atoms with E-state index in [9.17, 15) is 0 Å². The second-order valence-electron chi connectivity index (χ2n) is 6.16. The fourth-order valence-corrected chi connectivity index (χ4v) is 1.95. The molecule has 0 saturated heterocycles. The average Bonchev–Trinajstić information content (AvgIpc) is 2.37. The highest BCUT2D eigenvalue weighted by atomic mass is 14.8. The Balaban J connectivity index is 4.77. The molecule has 2 atom stereocenters. The fraction of sp³-hybridized carbons (Fsp3) is 0.579. The minimum Gasteiger partial charge on any atom is -0.368 e. The predicted molar refractivity (Wildman–Crippen MR) is 92.4 cm³/mol. The van der Waals surface area contributed by atoms with E-state index < -0.39 is 0 Å². The van der Waals surface area contributed by atoms with Gasteiger partial charge < -0.3 is 5.32 Å². The molecule has 114 valence electrons. The minimum atomic E-state index is 0.537. The van der Waals surface area contributed by atoms with E-state index in [4.69, 9.17) is 0 Å². The molecule has 0 rings (SSSR count). The van der Waals surface area contributed by atoms with Crippen LogP contribution in [0.1, 0.15) is 55.4 Å². The van der Waals surface area contributed by atoms with Crippen LogP contribution in [0, 0.1) is 17.8 Å². The highest BCUT2D eigenvalue weighted by Gasteiger charge is 2.11. The van der Waals surface area contributed by atoms with Crippen LogP contribution in [0.4, 0.5) is 0 Å². The van der Waals surface area contributed by atoms with Gasteiger partial charge in [-0.25, -0.2) is 0 Å². The van der Waals surface area contributed by atoms with Gasteiger partial charge in [-0.05, 0) is 57.8 Å². The van der Waals surface area contributed by atoms with Gasteiger partial charge in [-0.2, -0.15) is 0 Å². The maximum atomic E-state index is 3.20. The molecule has 1 nitrogen and oxygen atoms in total. The van der Waals surface area contributed by atoms with Crippen LogP contribution in [-0.2, 0) is 0 Å². The van der Waals surface area contributed by atoms with Gasteiger partial charge in [0.2, 0.25) is 0 Å². The van der Waals surface area contributed by atoms with Crippen LogP contribution in [0.25, 0.3) is 0 Å². The molecule has 0 saturated carbocycles. The van der Waals surface area contributed by atoms with E-state index in [0.29, 0.717) is 17.8 Å². The molecule has 0 bridgehead atoms. The Morgan fingerprint density at radius 2 is 1.55 bits per heavy atom. The monoisotopic (exact) mass is 275 g/mol. The van der Waals surface area contributed by atoms with Crippen LogP contribution in [0.5, 0.6) is 0 Å². The molecule has 20 heavy (non-hydrogen) atoms. The summed E-state index contributed by atoms with van der Waals surface area (Å²) in [5.41, 5.74) is 4.19. The lowest BCUT2D eigenvalue weighted by atomic mass is 9.88. The van der Waals surface area contributed by atoms with E-state index in [0.717, 1.165) is 0 Å². The number of nitrogens with one attached hydrogen (secondary N) is 1. The largest absolute Gasteiger partial charge is 0.368 e. The third kappa shape index (κ3) is 7.37. The zero-order valence-corrected chi connectivity index (χ0v) is 14.6. The fourth-order valence-electron chi connectivity index (χ4n) is 1.95. The molecule has 0 fully saturated rings. The van der Waals surface area contributed by atoms with Crippen molar-refractivity contribution in [3.63, 3.8) is 0 Å². The predicted octanol–water partition coefficient (Wildman–Crippen LogP) is 5.83. The third-order valence-electron chi connectivity index (χ3n) is 3.97. The molecule has 0 aromatic rings. The van der Waals surface area contributed by atoms with Crippen LogP contribution in [0.3, 0.4) is 0 Å². The van der Waals surface area contributed by atoms with Gasteiger partial charge in [-0.3, -0.25) is 0 Å². The van der Waals surface area contributed by atoms with E-state index in [1.54, 1.807) is 0 Å². The van der Waals surface area contributed by atoms with Gasteiger partial charge in [0.15, 0.2) is 0 Å². The van der Waals surface area contributed by atoms with Crippen molar-refractivity contribution in [3.05, 3.63) is 47.3 Å². The van der Waals surface area contributed by atoms with E-state index in [-0.39, 0.29) is 0 Å². The number of rotatable bonds is 7. The first kappa shape index (κ1) is 18.8. The first-order valence-corrected chi connectivity index (χ1v) is 7.70. The van der Waals surface area contributed by atoms with Crippen LogP contribution >= 0.6 is 0 Å². The molecule has 1 N–H and O–H groups in total. The number of allylic oxidation sites excluding steroid dienone is 6. The lowest BCUT2D eigenvalue weighted by molar-refractivity contribution is 0.525. The summed E-state index contributed by atoms with van der Waals surface area (Å²) in [6.07, 6.45) is 10.7. The zero-order chi connectivity index (χ0) is 15.7. The minimum absolute atomic E-state index is 0.537. The highest BCUT2D eigenvalue weighted by Crippen LogP contribution is 2.22. The Hall–Kier alpha value is -1.24. The van der Waals surface area contributed by atoms with Crippen molar-refractivity contribution in [1.29, 1.82) is 0 Å². The Bertz CT molecular complexity index is 394. The van der Waals surface area contributed by atoms with Crippen LogP contribution < -0.4 is 5.32 Å². The van der Waals surface area contributed by atoms with E-state index in [2.05, 4.69) is 72.1 Å². The van der Waals surface area contributed by atoms with Gasteiger partial charge in [-0.1, -0.05) is 62.6 Å². The van der Waals surface area contributed by atoms with Crippen molar-refractivity contribution in [2.24, 2.45) is 17.8 Å². The standard InChI is InChI=1S/C19H33N/c1-9-10-20-13-18(7)19(8)17(6)12-15(4)11-16(5)14(2)3/h9-14,17,19-20H,1-8H3/b10-9+,15-12-,16-11-,18-13+. The first-order valence-electron chi connectivity index (χ1n) is 7.70. The van der Waals surface area contributed by atoms with Gasteiger partial charge in [0.1, 0.15) is 0 Å². The summed E-state index contributed by atoms with van der Waals surface area (Å²) in [4.78, 5) is 0. The van der Waals surface area contributed by atoms with Crippen LogP contribution in [0.2, 0.25) is 0 Å². The maximum Gasteiger partial charge on any atom is -0.000361 e. The summed E-state index contributed by atoms with van der Waals surface area (Å²) in [7, 11) is 0. The molecular weight excluding hydrogens is 242 g/mol. The van der Waals surface area contributed by atoms with Crippen LogP contribution in [0.15, 0.2) is 47.3 Å². The Kier molecular flexibility index (Phi) is 9.03. The molecule has 0 aliphatic carbocycles. The zero-order valence-electron chi connectivity index (χ0n) is 14.6. The van der Waals surface area contributed by atoms with Crippen molar-refractivity contribution in [2.75, 3.05) is 0 Å². The molecule has 1 heteroatoms. The summed E-state index contributed by atoms with van der Waals surface area (Å²) in [5.74, 6) is 1.70. The summed E-state index contributed by atoms with van der Waals surface area (Å²) < 4.78 is 0. The molecule has 0 amide bonds. The molecule has 0 aliphatic heterocycles. The lowest BCUT2D eigenvalue weighted by Gasteiger charge is -2.18. The van der Waals surface area contributed by atoms with Gasteiger partial charge in [-0.15, -0.1) is 0 Å². The Morgan fingerprint density at radius 3 is 2.05 bits per heavy atom. The van der Waals surface area contributed by atoms with Gasteiger partial charge in [0.05, 0.1) is 0 Å². The van der Waals surface area contributed by atoms with Crippen molar-refractivity contribution >= 4 is 0 Å². The number of hydrogen-bond acceptors (Lipinski definition) is 1. The summed E-state index contributed by atoms with van der Waals surface area (Å²) in [6.45, 7) is 17.7. The van der Waals surface area contributed by atoms with E-state index >= 15 is 0 Å². The van der Waals surface area contributed by atoms with Crippen LogP contribution in [-0.4, -0.2) is 0 Å². The normalized spacial score (nSPS) is 17.8. The van der Waals surface area contributed by atoms with Gasteiger partial charge in [0, 0.05) is 0 Å². The van der Waals surface area contributed by atoms with Crippen molar-refractivity contribution in [1.82, 2.24) is 5.32 Å². The molecule has 2 unspecified atom stereocenters. The lowest BCUT2D eigenvalue weighted by Crippen LogP contribution is -2.09. The summed E-state index contributed by atoms with van der Waals surface area (Å²) in [5, 5.41) is 3.20. The van der Waals surface area contributed by atoms with Crippen molar-refractivity contribution in [3.8, 4) is 0 Å². The quantitative estimate of drug-likeness (QED) is 0.576. The second kappa shape index (κ2) is 9.63. The smallest absolute Gasteiger partial charge is 0.000361 e. The molecule has 0 heterocycles. The van der Waals surface area contributed by atoms with Gasteiger partial charge in [0.25, 0.3) is 0 Å². The molecule has 0 aliphatic rings. The Morgan fingerprint density at radius 1 is 0.950 bits per heavy atom. The van der Waals surface area contributed by atoms with Crippen molar-refractivity contribution in [2.45, 2.75) is 55.4 Å².